The number of carbonyl (C=O) groups excluding carboxylic acids is 2. The Balaban J connectivity index is 2.50. The highest BCUT2D eigenvalue weighted by Gasteiger charge is 2.35. The Morgan fingerprint density at radius 3 is 2.29 bits per heavy atom. The lowest BCUT2D eigenvalue weighted by Crippen LogP contribution is -2.39. The summed E-state index contributed by atoms with van der Waals surface area (Å²) in [6, 6.07) is 0. The molecule has 0 aromatic rings. The van der Waals surface area contributed by atoms with Crippen molar-refractivity contribution in [2.45, 2.75) is 26.4 Å². The number of hydrogen-bond donors (Lipinski definition) is 1. The molecule has 0 radical (unpaired) electrons. The second-order valence-electron chi connectivity index (χ2n) is 5.05. The molecule has 1 rings (SSSR count). The summed E-state index contributed by atoms with van der Waals surface area (Å²) in [5.41, 5.74) is -0.486. The van der Waals surface area contributed by atoms with Gasteiger partial charge in [0.15, 0.2) is 0 Å². The molecule has 2 amide bonds. The van der Waals surface area contributed by atoms with Crippen LogP contribution < -0.4 is 5.32 Å². The largest absolute Gasteiger partial charge is 0.451 e. The first-order chi connectivity index (χ1) is 11.2. The minimum Gasteiger partial charge on any atom is -0.325 e. The van der Waals surface area contributed by atoms with Crippen molar-refractivity contribution < 1.29 is 24.0 Å². The van der Waals surface area contributed by atoms with Crippen molar-refractivity contribution in [3.05, 3.63) is 12.4 Å². The number of amides is 2. The first-order valence-corrected chi connectivity index (χ1v) is 8.73. The van der Waals surface area contributed by atoms with Gasteiger partial charge in [0, 0.05) is 27.9 Å². The van der Waals surface area contributed by atoms with Gasteiger partial charge in [-0.1, -0.05) is 5.16 Å². The molecule has 0 saturated heterocycles. The monoisotopic (exact) mass is 377 g/mol. The molecule has 12 heteroatoms. The van der Waals surface area contributed by atoms with Crippen LogP contribution in [0.4, 0.5) is 9.59 Å². The third-order valence-corrected chi connectivity index (χ3v) is 4.19. The fourth-order valence-corrected chi connectivity index (χ4v) is 1.96. The average molecular weight is 377 g/mol. The van der Waals surface area contributed by atoms with E-state index in [2.05, 4.69) is 15.8 Å². The normalized spacial score (nSPS) is 17.4. The summed E-state index contributed by atoms with van der Waals surface area (Å²) in [5, 5.41) is 11.0. The highest BCUT2D eigenvalue weighted by Crippen LogP contribution is 2.16. The lowest BCUT2D eigenvalue weighted by Gasteiger charge is -2.18. The number of hydrogen-bond acceptors (Lipinski definition) is 9. The van der Waals surface area contributed by atoms with Gasteiger partial charge in [0.25, 0.3) is 5.66 Å². The Morgan fingerprint density at radius 1 is 1.21 bits per heavy atom. The van der Waals surface area contributed by atoms with Gasteiger partial charge in [0.2, 0.25) is 11.5 Å². The van der Waals surface area contributed by atoms with E-state index in [9.17, 15) is 9.59 Å². The van der Waals surface area contributed by atoms with E-state index < -0.39 is 17.8 Å². The summed E-state index contributed by atoms with van der Waals surface area (Å²) in [7, 11) is 2.88. The molecule has 24 heavy (non-hydrogen) atoms. The average Bonchev–Trinajstić information content (AvgIpc) is 2.87. The SMILES string of the molecule is CSC(C)=NOC(=O)N(C)SN(C)C(=O)ON=[N+]1C=CNC1(C)C. The molecular formula is C12H21N6O4S2+. The third kappa shape index (κ3) is 5.92. The van der Waals surface area contributed by atoms with E-state index in [1.165, 1.54) is 30.6 Å². The third-order valence-electron chi connectivity index (χ3n) is 2.74. The summed E-state index contributed by atoms with van der Waals surface area (Å²) < 4.78 is 3.65. The molecule has 0 unspecified atom stereocenters. The van der Waals surface area contributed by atoms with E-state index in [4.69, 9.17) is 9.68 Å². The topological polar surface area (TPSA) is 98.8 Å². The summed E-state index contributed by atoms with van der Waals surface area (Å²) >= 11 is 2.14. The van der Waals surface area contributed by atoms with Crippen molar-refractivity contribution in [2.75, 3.05) is 20.4 Å². The molecule has 0 aromatic heterocycles. The minimum absolute atomic E-state index is 0.486. The second kappa shape index (κ2) is 8.78. The van der Waals surface area contributed by atoms with Gasteiger partial charge in [-0.05, 0) is 17.9 Å². The molecule has 0 fully saturated rings. The van der Waals surface area contributed by atoms with Crippen molar-refractivity contribution in [3.8, 4) is 0 Å². The molecule has 1 aliphatic heterocycles. The van der Waals surface area contributed by atoms with Gasteiger partial charge in [-0.2, -0.15) is 0 Å². The van der Waals surface area contributed by atoms with Gasteiger partial charge in [-0.25, -0.2) is 23.0 Å². The molecule has 0 spiro atoms. The molecule has 0 aromatic carbocycles. The zero-order valence-corrected chi connectivity index (χ0v) is 16.0. The highest BCUT2D eigenvalue weighted by atomic mass is 32.2. The van der Waals surface area contributed by atoms with Crippen LogP contribution in [0.15, 0.2) is 22.8 Å². The van der Waals surface area contributed by atoms with Gasteiger partial charge in [-0.15, -0.1) is 11.8 Å². The predicted octanol–water partition coefficient (Wildman–Crippen LogP) is 2.57. The minimum atomic E-state index is -0.750. The molecule has 10 nitrogen and oxygen atoms in total. The zero-order valence-electron chi connectivity index (χ0n) is 14.3. The van der Waals surface area contributed by atoms with Crippen LogP contribution >= 0.6 is 23.9 Å². The Bertz CT molecular complexity index is 578. The van der Waals surface area contributed by atoms with Crippen molar-refractivity contribution in [2.24, 2.45) is 10.4 Å². The van der Waals surface area contributed by atoms with Gasteiger partial charge >= 0.3 is 12.2 Å². The lowest BCUT2D eigenvalue weighted by molar-refractivity contribution is -0.617. The number of nitrogens with zero attached hydrogens (tertiary/aromatic N) is 5. The fourth-order valence-electron chi connectivity index (χ4n) is 1.28. The molecular weight excluding hydrogens is 356 g/mol. The van der Waals surface area contributed by atoms with E-state index in [1.807, 2.05) is 20.1 Å². The van der Waals surface area contributed by atoms with Crippen LogP contribution in [0.2, 0.25) is 0 Å². The quantitative estimate of drug-likeness (QED) is 0.201. The summed E-state index contributed by atoms with van der Waals surface area (Å²) in [4.78, 5) is 33.1. The first kappa shape index (κ1) is 20.1. The maximum atomic E-state index is 11.9. The van der Waals surface area contributed by atoms with Crippen LogP contribution in [0.5, 0.6) is 0 Å². The smallest absolute Gasteiger partial charge is 0.325 e. The van der Waals surface area contributed by atoms with Crippen LogP contribution in [-0.4, -0.2) is 56.6 Å². The van der Waals surface area contributed by atoms with Crippen molar-refractivity contribution in [1.29, 1.82) is 0 Å². The van der Waals surface area contributed by atoms with E-state index in [0.717, 1.165) is 20.7 Å². The van der Waals surface area contributed by atoms with Crippen molar-refractivity contribution in [3.63, 3.8) is 0 Å². The Labute approximate surface area is 149 Å². The Kier molecular flexibility index (Phi) is 7.35. The van der Waals surface area contributed by atoms with Crippen molar-refractivity contribution >= 4 is 41.1 Å². The first-order valence-electron chi connectivity index (χ1n) is 6.78. The summed E-state index contributed by atoms with van der Waals surface area (Å²) in [6.45, 7) is 5.44. The number of oxime groups is 1. The van der Waals surface area contributed by atoms with Crippen LogP contribution in [0, 0.1) is 0 Å². The lowest BCUT2D eigenvalue weighted by atomic mass is 10.3. The van der Waals surface area contributed by atoms with E-state index in [-0.39, 0.29) is 0 Å². The second-order valence-corrected chi connectivity index (χ2v) is 7.31. The van der Waals surface area contributed by atoms with Gasteiger partial charge < -0.3 is 5.32 Å². The van der Waals surface area contributed by atoms with Gasteiger partial charge in [0.1, 0.15) is 5.04 Å². The summed E-state index contributed by atoms with van der Waals surface area (Å²) in [6.07, 6.45) is 3.66. The molecule has 134 valence electrons. The van der Waals surface area contributed by atoms with Crippen molar-refractivity contribution in [1.82, 2.24) is 13.9 Å². The molecule has 0 saturated carbocycles. The van der Waals surface area contributed by atoms with Gasteiger partial charge in [0.05, 0.1) is 18.3 Å². The zero-order chi connectivity index (χ0) is 18.3. The number of nitrogens with one attached hydrogen (secondary N) is 1. The van der Waals surface area contributed by atoms with Crippen LogP contribution in [0.1, 0.15) is 20.8 Å². The number of carbonyl (C=O) groups is 2. The predicted molar refractivity (Wildman–Crippen MR) is 91.7 cm³/mol. The molecule has 1 heterocycles. The molecule has 1 aliphatic rings. The Hall–Kier alpha value is -1.95. The summed E-state index contributed by atoms with van der Waals surface area (Å²) in [5.74, 6) is 0. The van der Waals surface area contributed by atoms with Gasteiger partial charge in [-0.3, -0.25) is 4.84 Å². The molecule has 0 atom stereocenters. The van der Waals surface area contributed by atoms with Crippen LogP contribution in [0.25, 0.3) is 0 Å². The highest BCUT2D eigenvalue weighted by molar-refractivity contribution is 8.13. The molecule has 0 bridgehead atoms. The fraction of sp³-hybridized carbons (Fsp3) is 0.583. The van der Waals surface area contributed by atoms with E-state index >= 15 is 0 Å². The number of rotatable bonds is 4. The standard InChI is InChI=1S/C12H21N6O4S2/c1-9(23-6)14-21-10(19)16(4)24-17(5)11(20)22-15-18-8-7-13-12(18,2)3/h7-8,13H,1-6H3/q+1. The van der Waals surface area contributed by atoms with Crippen LogP contribution in [-0.2, 0) is 9.68 Å². The molecule has 0 aliphatic carbocycles. The molecule has 1 N–H and O–H groups in total. The number of thioether (sulfide) groups is 1. The van der Waals surface area contributed by atoms with Crippen LogP contribution in [0.3, 0.4) is 0 Å². The Morgan fingerprint density at radius 2 is 1.79 bits per heavy atom. The van der Waals surface area contributed by atoms with E-state index in [1.54, 1.807) is 19.3 Å². The maximum Gasteiger partial charge on any atom is 0.451 e. The van der Waals surface area contributed by atoms with E-state index in [0.29, 0.717) is 5.04 Å². The maximum absolute atomic E-state index is 11.9.